The van der Waals surface area contributed by atoms with E-state index in [-0.39, 0.29) is 11.9 Å². The molecule has 0 spiro atoms. The third-order valence-electron chi connectivity index (χ3n) is 4.59. The Bertz CT molecular complexity index is 707. The zero-order valence-electron chi connectivity index (χ0n) is 13.5. The van der Waals surface area contributed by atoms with Crippen molar-refractivity contribution in [3.8, 4) is 0 Å². The number of fused-ring (bicyclic) bond motifs is 1. The Morgan fingerprint density at radius 2 is 2.21 bits per heavy atom. The van der Waals surface area contributed by atoms with Crippen molar-refractivity contribution in [1.29, 1.82) is 0 Å². The van der Waals surface area contributed by atoms with Gasteiger partial charge in [-0.05, 0) is 11.4 Å². The summed E-state index contributed by atoms with van der Waals surface area (Å²) in [5.41, 5.74) is 0. The van der Waals surface area contributed by atoms with Crippen LogP contribution in [0.15, 0.2) is 17.8 Å². The highest BCUT2D eigenvalue weighted by Crippen LogP contribution is 2.27. The molecule has 1 N–H and O–H groups in total. The van der Waals surface area contributed by atoms with Gasteiger partial charge in [-0.2, -0.15) is 0 Å². The minimum Gasteiger partial charge on any atom is -0.378 e. The van der Waals surface area contributed by atoms with Gasteiger partial charge in [-0.15, -0.1) is 11.3 Å². The highest BCUT2D eigenvalue weighted by Gasteiger charge is 2.25. The van der Waals surface area contributed by atoms with E-state index in [1.165, 1.54) is 0 Å². The fourth-order valence-corrected chi connectivity index (χ4v) is 4.01. The molecule has 2 aromatic rings. The van der Waals surface area contributed by atoms with Gasteiger partial charge in [-0.25, -0.2) is 9.97 Å². The third kappa shape index (κ3) is 3.22. The van der Waals surface area contributed by atoms with E-state index < -0.39 is 0 Å². The smallest absolute Gasteiger partial charge is 0.224 e. The molecule has 4 heterocycles. The van der Waals surface area contributed by atoms with E-state index in [0.717, 1.165) is 55.4 Å². The Morgan fingerprint density at radius 3 is 3.00 bits per heavy atom. The van der Waals surface area contributed by atoms with Gasteiger partial charge in [0, 0.05) is 45.2 Å². The van der Waals surface area contributed by atoms with Crippen LogP contribution in [0.25, 0.3) is 10.2 Å². The lowest BCUT2D eigenvalue weighted by Gasteiger charge is -2.36. The molecular weight excluding hydrogens is 326 g/mol. The molecule has 2 aliphatic rings. The number of hydrogen-bond donors (Lipinski definition) is 1. The summed E-state index contributed by atoms with van der Waals surface area (Å²) in [5.74, 6) is 1.19. The Labute approximate surface area is 144 Å². The predicted molar refractivity (Wildman–Crippen MR) is 93.4 cm³/mol. The fourth-order valence-electron chi connectivity index (χ4n) is 3.29. The van der Waals surface area contributed by atoms with Crippen molar-refractivity contribution in [2.75, 3.05) is 50.8 Å². The number of hydrogen-bond acceptors (Lipinski definition) is 7. The van der Waals surface area contributed by atoms with Crippen molar-refractivity contribution in [1.82, 2.24) is 20.2 Å². The van der Waals surface area contributed by atoms with Crippen LogP contribution in [-0.4, -0.2) is 72.8 Å². The van der Waals surface area contributed by atoms with Crippen LogP contribution in [0.4, 0.5) is 5.82 Å². The van der Waals surface area contributed by atoms with E-state index in [1.54, 1.807) is 17.7 Å². The Balaban J connectivity index is 1.36. The number of anilines is 1. The average molecular weight is 347 g/mol. The second-order valence-corrected chi connectivity index (χ2v) is 7.03. The molecule has 2 fully saturated rings. The minimum absolute atomic E-state index is 0.150. The molecule has 1 atom stereocenters. The number of nitrogens with one attached hydrogen (secondary N) is 1. The number of thiophene rings is 1. The SMILES string of the molecule is O=C(CC1COCCN1)N1CCN(c2ncnc3sccc23)CC1. The van der Waals surface area contributed by atoms with Gasteiger partial charge in [-0.1, -0.05) is 0 Å². The largest absolute Gasteiger partial charge is 0.378 e. The fraction of sp³-hybridized carbons (Fsp3) is 0.562. The first kappa shape index (κ1) is 15.7. The van der Waals surface area contributed by atoms with Crippen LogP contribution < -0.4 is 10.2 Å². The quantitative estimate of drug-likeness (QED) is 0.882. The molecule has 2 aliphatic heterocycles. The number of piperazine rings is 1. The Kier molecular flexibility index (Phi) is 4.59. The first-order valence-electron chi connectivity index (χ1n) is 8.33. The molecule has 0 aliphatic carbocycles. The first-order valence-corrected chi connectivity index (χ1v) is 9.21. The van der Waals surface area contributed by atoms with E-state index in [1.807, 2.05) is 10.3 Å². The molecule has 0 radical (unpaired) electrons. The zero-order valence-corrected chi connectivity index (χ0v) is 14.3. The topological polar surface area (TPSA) is 70.6 Å². The molecule has 24 heavy (non-hydrogen) atoms. The van der Waals surface area contributed by atoms with Crippen LogP contribution in [0.5, 0.6) is 0 Å². The normalized spacial score (nSPS) is 22.1. The van der Waals surface area contributed by atoms with E-state index in [0.29, 0.717) is 13.0 Å². The van der Waals surface area contributed by atoms with Gasteiger partial charge in [-0.3, -0.25) is 4.79 Å². The van der Waals surface area contributed by atoms with Gasteiger partial charge in [0.1, 0.15) is 17.0 Å². The molecule has 1 unspecified atom stereocenters. The molecule has 8 heteroatoms. The highest BCUT2D eigenvalue weighted by molar-refractivity contribution is 7.16. The van der Waals surface area contributed by atoms with Crippen LogP contribution in [0, 0.1) is 0 Å². The van der Waals surface area contributed by atoms with Crippen molar-refractivity contribution in [2.45, 2.75) is 12.5 Å². The maximum absolute atomic E-state index is 12.5. The van der Waals surface area contributed by atoms with Crippen LogP contribution in [0.2, 0.25) is 0 Å². The molecule has 7 nitrogen and oxygen atoms in total. The Morgan fingerprint density at radius 1 is 1.33 bits per heavy atom. The maximum Gasteiger partial charge on any atom is 0.224 e. The summed E-state index contributed by atoms with van der Waals surface area (Å²) in [6.07, 6.45) is 2.14. The molecule has 1 amide bonds. The zero-order chi connectivity index (χ0) is 16.4. The van der Waals surface area contributed by atoms with Crippen molar-refractivity contribution in [3.63, 3.8) is 0 Å². The van der Waals surface area contributed by atoms with Gasteiger partial charge >= 0.3 is 0 Å². The molecular formula is C16H21N5O2S. The second-order valence-electron chi connectivity index (χ2n) is 6.13. The number of aromatic nitrogens is 2. The maximum atomic E-state index is 12.5. The Hall–Kier alpha value is -1.77. The number of nitrogens with zero attached hydrogens (tertiary/aromatic N) is 4. The molecule has 0 aromatic carbocycles. The van der Waals surface area contributed by atoms with Crippen molar-refractivity contribution < 1.29 is 9.53 Å². The number of ether oxygens (including phenoxy) is 1. The third-order valence-corrected chi connectivity index (χ3v) is 5.41. The highest BCUT2D eigenvalue weighted by atomic mass is 32.1. The molecule has 2 aromatic heterocycles. The van der Waals surface area contributed by atoms with Crippen LogP contribution >= 0.6 is 11.3 Å². The number of carbonyl (C=O) groups is 1. The molecule has 4 rings (SSSR count). The van der Waals surface area contributed by atoms with Gasteiger partial charge < -0.3 is 19.9 Å². The lowest BCUT2D eigenvalue weighted by molar-refractivity contribution is -0.132. The second kappa shape index (κ2) is 7.00. The molecule has 128 valence electrons. The summed E-state index contributed by atoms with van der Waals surface area (Å²) in [6, 6.07) is 2.22. The monoisotopic (exact) mass is 347 g/mol. The number of amides is 1. The van der Waals surface area contributed by atoms with E-state index >= 15 is 0 Å². The summed E-state index contributed by atoms with van der Waals surface area (Å²) < 4.78 is 5.42. The lowest BCUT2D eigenvalue weighted by atomic mass is 10.1. The standard InChI is InChI=1S/C16H21N5O2S/c22-14(9-12-10-23-7-2-17-12)20-3-5-21(6-4-20)15-13-1-8-24-16(13)19-11-18-15/h1,8,11-12,17H,2-7,9-10H2. The summed E-state index contributed by atoms with van der Waals surface area (Å²) in [7, 11) is 0. The van der Waals surface area contributed by atoms with Crippen LogP contribution in [-0.2, 0) is 9.53 Å². The summed E-state index contributed by atoms with van der Waals surface area (Å²) in [4.78, 5) is 26.5. The first-order chi connectivity index (χ1) is 11.8. The van der Waals surface area contributed by atoms with Gasteiger partial charge in [0.05, 0.1) is 18.6 Å². The number of carbonyl (C=O) groups excluding carboxylic acids is 1. The predicted octanol–water partition coefficient (Wildman–Crippen LogP) is 0.718. The van der Waals surface area contributed by atoms with Crippen molar-refractivity contribution in [3.05, 3.63) is 17.8 Å². The summed E-state index contributed by atoms with van der Waals surface area (Å²) in [6.45, 7) is 5.28. The van der Waals surface area contributed by atoms with Crippen LogP contribution in [0.1, 0.15) is 6.42 Å². The van der Waals surface area contributed by atoms with Crippen molar-refractivity contribution in [2.24, 2.45) is 0 Å². The van der Waals surface area contributed by atoms with Crippen molar-refractivity contribution >= 4 is 33.3 Å². The van der Waals surface area contributed by atoms with E-state index in [2.05, 4.69) is 26.3 Å². The number of rotatable bonds is 3. The van der Waals surface area contributed by atoms with Gasteiger partial charge in [0.2, 0.25) is 5.91 Å². The minimum atomic E-state index is 0.150. The average Bonchev–Trinajstić information content (AvgIpc) is 3.11. The molecule has 0 saturated carbocycles. The van der Waals surface area contributed by atoms with Crippen LogP contribution in [0.3, 0.4) is 0 Å². The summed E-state index contributed by atoms with van der Waals surface area (Å²) in [5, 5.41) is 6.49. The lowest BCUT2D eigenvalue weighted by Crippen LogP contribution is -2.51. The van der Waals surface area contributed by atoms with E-state index in [9.17, 15) is 4.79 Å². The molecule has 2 saturated heterocycles. The van der Waals surface area contributed by atoms with Gasteiger partial charge in [0.25, 0.3) is 0 Å². The molecule has 0 bridgehead atoms. The van der Waals surface area contributed by atoms with E-state index in [4.69, 9.17) is 4.74 Å². The van der Waals surface area contributed by atoms with Gasteiger partial charge in [0.15, 0.2) is 0 Å². The summed E-state index contributed by atoms with van der Waals surface area (Å²) >= 11 is 1.63. The number of morpholine rings is 1.